The molecule has 7 nitrogen and oxygen atoms in total. The smallest absolute Gasteiger partial charge is 0.248 e. The maximum absolute atomic E-state index is 12.2. The van der Waals surface area contributed by atoms with Gasteiger partial charge < -0.3 is 15.3 Å². The fourth-order valence-electron chi connectivity index (χ4n) is 2.90. The zero-order valence-corrected chi connectivity index (χ0v) is 14.9. The third-order valence-corrected chi connectivity index (χ3v) is 5.38. The lowest BCUT2D eigenvalue weighted by atomic mass is 10.0. The number of nitrogens with zero attached hydrogens (tertiary/aromatic N) is 3. The molecule has 0 saturated heterocycles. The van der Waals surface area contributed by atoms with Crippen molar-refractivity contribution in [3.8, 4) is 6.07 Å². The number of hydrogen-bond donors (Lipinski definition) is 2. The van der Waals surface area contributed by atoms with Crippen LogP contribution in [0.1, 0.15) is 28.1 Å². The molecule has 2 N–H and O–H groups in total. The molecule has 3 rings (SSSR count). The number of aliphatic hydroxyl groups is 1. The molecule has 3 heterocycles. The topological polar surface area (TPSA) is 106 Å². The highest BCUT2D eigenvalue weighted by molar-refractivity contribution is 7.16. The van der Waals surface area contributed by atoms with Crippen LogP contribution in [0, 0.1) is 11.3 Å². The number of hydrogen-bond acceptors (Lipinski definition) is 6. The van der Waals surface area contributed by atoms with Crippen molar-refractivity contribution in [3.05, 3.63) is 46.1 Å². The zero-order valence-electron chi connectivity index (χ0n) is 14.1. The van der Waals surface area contributed by atoms with Crippen molar-refractivity contribution < 1.29 is 14.7 Å². The number of amides is 2. The SMILES string of the molecule is N#Cc1c(NC(=O)CCc2ccccn2)sc2c1CCN(C(=O)CO)C2. The van der Waals surface area contributed by atoms with Crippen molar-refractivity contribution >= 4 is 28.2 Å². The minimum absolute atomic E-state index is 0.172. The van der Waals surface area contributed by atoms with Crippen LogP contribution in [0.2, 0.25) is 0 Å². The molecule has 134 valence electrons. The van der Waals surface area contributed by atoms with Crippen molar-refractivity contribution in [2.24, 2.45) is 0 Å². The van der Waals surface area contributed by atoms with E-state index in [4.69, 9.17) is 5.11 Å². The summed E-state index contributed by atoms with van der Waals surface area (Å²) in [6, 6.07) is 7.74. The highest BCUT2D eigenvalue weighted by atomic mass is 32.1. The summed E-state index contributed by atoms with van der Waals surface area (Å²) in [5.41, 5.74) is 2.21. The predicted octanol–water partition coefficient (Wildman–Crippen LogP) is 1.46. The summed E-state index contributed by atoms with van der Waals surface area (Å²) in [6.07, 6.45) is 3.04. The number of anilines is 1. The molecule has 0 spiro atoms. The van der Waals surface area contributed by atoms with E-state index in [1.54, 1.807) is 11.1 Å². The van der Waals surface area contributed by atoms with E-state index in [2.05, 4.69) is 16.4 Å². The molecular weight excluding hydrogens is 352 g/mol. The van der Waals surface area contributed by atoms with E-state index in [9.17, 15) is 14.9 Å². The minimum Gasteiger partial charge on any atom is -0.387 e. The number of aryl methyl sites for hydroxylation is 1. The van der Waals surface area contributed by atoms with Crippen molar-refractivity contribution in [2.75, 3.05) is 18.5 Å². The van der Waals surface area contributed by atoms with Gasteiger partial charge in [0.1, 0.15) is 17.7 Å². The number of nitrogens with one attached hydrogen (secondary N) is 1. The van der Waals surface area contributed by atoms with E-state index in [0.29, 0.717) is 36.5 Å². The van der Waals surface area contributed by atoms with Crippen LogP contribution >= 0.6 is 11.3 Å². The second kappa shape index (κ2) is 8.08. The summed E-state index contributed by atoms with van der Waals surface area (Å²) in [6.45, 7) is 0.297. The van der Waals surface area contributed by atoms with Crippen molar-refractivity contribution in [1.29, 1.82) is 5.26 Å². The Labute approximate surface area is 154 Å². The Morgan fingerprint density at radius 3 is 2.96 bits per heavy atom. The Kier molecular flexibility index (Phi) is 5.61. The third kappa shape index (κ3) is 3.90. The first-order chi connectivity index (χ1) is 12.6. The molecule has 26 heavy (non-hydrogen) atoms. The van der Waals surface area contributed by atoms with Gasteiger partial charge in [-0.15, -0.1) is 11.3 Å². The zero-order chi connectivity index (χ0) is 18.5. The number of pyridine rings is 1. The van der Waals surface area contributed by atoms with Crippen molar-refractivity contribution in [1.82, 2.24) is 9.88 Å². The summed E-state index contributed by atoms with van der Waals surface area (Å²) in [5, 5.41) is 21.8. The van der Waals surface area contributed by atoms with Crippen LogP contribution < -0.4 is 5.32 Å². The molecule has 0 aliphatic carbocycles. The Balaban J connectivity index is 1.69. The highest BCUT2D eigenvalue weighted by Crippen LogP contribution is 2.36. The number of aromatic nitrogens is 1. The number of rotatable bonds is 5. The number of nitriles is 1. The van der Waals surface area contributed by atoms with Crippen molar-refractivity contribution in [2.45, 2.75) is 25.8 Å². The summed E-state index contributed by atoms with van der Waals surface area (Å²) < 4.78 is 0. The van der Waals surface area contributed by atoms with Gasteiger partial charge in [-0.1, -0.05) is 6.07 Å². The van der Waals surface area contributed by atoms with Gasteiger partial charge >= 0.3 is 0 Å². The van der Waals surface area contributed by atoms with E-state index < -0.39 is 6.61 Å². The molecule has 2 aromatic heterocycles. The Bertz CT molecular complexity index is 857. The van der Waals surface area contributed by atoms with Gasteiger partial charge in [-0.05, 0) is 30.5 Å². The van der Waals surface area contributed by atoms with Gasteiger partial charge in [-0.25, -0.2) is 0 Å². The summed E-state index contributed by atoms with van der Waals surface area (Å²) in [4.78, 5) is 30.6. The van der Waals surface area contributed by atoms with Crippen LogP contribution in [-0.4, -0.2) is 40.0 Å². The van der Waals surface area contributed by atoms with Gasteiger partial charge in [0.25, 0.3) is 0 Å². The first-order valence-corrected chi connectivity index (χ1v) is 9.07. The predicted molar refractivity (Wildman–Crippen MR) is 96.4 cm³/mol. The molecule has 1 aliphatic rings. The Morgan fingerprint density at radius 1 is 1.42 bits per heavy atom. The molecule has 8 heteroatoms. The van der Waals surface area contributed by atoms with Gasteiger partial charge in [0.05, 0.1) is 12.1 Å². The van der Waals surface area contributed by atoms with Gasteiger partial charge in [0, 0.05) is 29.7 Å². The molecule has 2 aromatic rings. The van der Waals surface area contributed by atoms with E-state index >= 15 is 0 Å². The highest BCUT2D eigenvalue weighted by Gasteiger charge is 2.27. The molecule has 0 fully saturated rings. The first kappa shape index (κ1) is 18.0. The average Bonchev–Trinajstić information content (AvgIpc) is 3.02. The standard InChI is InChI=1S/C18H18N4O3S/c19-9-14-13-6-8-22(17(25)11-23)10-15(13)26-18(14)21-16(24)5-4-12-3-1-2-7-20-12/h1-3,7,23H,4-6,8,10-11H2,(H,21,24). The van der Waals surface area contributed by atoms with E-state index in [0.717, 1.165) is 16.1 Å². The molecule has 2 amide bonds. The van der Waals surface area contributed by atoms with Gasteiger partial charge in [0.15, 0.2) is 0 Å². The molecule has 0 atom stereocenters. The quantitative estimate of drug-likeness (QED) is 0.829. The lowest BCUT2D eigenvalue weighted by Crippen LogP contribution is -2.37. The Morgan fingerprint density at radius 2 is 2.27 bits per heavy atom. The summed E-state index contributed by atoms with van der Waals surface area (Å²) >= 11 is 1.32. The molecule has 0 bridgehead atoms. The molecule has 0 unspecified atom stereocenters. The van der Waals surface area contributed by atoms with Crippen LogP contribution in [0.25, 0.3) is 0 Å². The van der Waals surface area contributed by atoms with Gasteiger partial charge in [-0.3, -0.25) is 14.6 Å². The fraction of sp³-hybridized carbons (Fsp3) is 0.333. The van der Waals surface area contributed by atoms with E-state index in [1.165, 1.54) is 11.3 Å². The van der Waals surface area contributed by atoms with Crippen LogP contribution in [0.4, 0.5) is 5.00 Å². The van der Waals surface area contributed by atoms with E-state index in [-0.39, 0.29) is 18.2 Å². The monoisotopic (exact) mass is 370 g/mol. The molecule has 0 aromatic carbocycles. The average molecular weight is 370 g/mol. The molecular formula is C18H18N4O3S. The molecule has 1 aliphatic heterocycles. The molecule has 0 radical (unpaired) electrons. The largest absolute Gasteiger partial charge is 0.387 e. The van der Waals surface area contributed by atoms with Crippen LogP contribution in [0.5, 0.6) is 0 Å². The lowest BCUT2D eigenvalue weighted by molar-refractivity contribution is -0.135. The van der Waals surface area contributed by atoms with Crippen LogP contribution in [0.15, 0.2) is 24.4 Å². The second-order valence-electron chi connectivity index (χ2n) is 5.91. The van der Waals surface area contributed by atoms with Crippen molar-refractivity contribution in [3.63, 3.8) is 0 Å². The number of aliphatic hydroxyl groups excluding tert-OH is 1. The van der Waals surface area contributed by atoms with Gasteiger partial charge in [0.2, 0.25) is 11.8 Å². The summed E-state index contributed by atoms with van der Waals surface area (Å²) in [5.74, 6) is -0.502. The maximum atomic E-state index is 12.2. The van der Waals surface area contributed by atoms with E-state index in [1.807, 2.05) is 18.2 Å². The third-order valence-electron chi connectivity index (χ3n) is 4.24. The van der Waals surface area contributed by atoms with Crippen LogP contribution in [-0.2, 0) is 29.0 Å². The first-order valence-electron chi connectivity index (χ1n) is 8.25. The Hall–Kier alpha value is -2.76. The maximum Gasteiger partial charge on any atom is 0.248 e. The number of carbonyl (C=O) groups excluding carboxylic acids is 2. The number of thiophene rings is 1. The summed E-state index contributed by atoms with van der Waals surface area (Å²) in [7, 11) is 0. The lowest BCUT2D eigenvalue weighted by Gasteiger charge is -2.26. The van der Waals surface area contributed by atoms with Crippen LogP contribution in [0.3, 0.4) is 0 Å². The molecule has 0 saturated carbocycles. The fourth-order valence-corrected chi connectivity index (χ4v) is 4.13. The second-order valence-corrected chi connectivity index (χ2v) is 7.02. The number of carbonyl (C=O) groups is 2. The number of fused-ring (bicyclic) bond motifs is 1. The van der Waals surface area contributed by atoms with Gasteiger partial charge in [-0.2, -0.15) is 5.26 Å². The normalized spacial score (nSPS) is 13.0. The minimum atomic E-state index is -0.525.